The van der Waals surface area contributed by atoms with Crippen LogP contribution in [0.25, 0.3) is 0 Å². The number of benzene rings is 2. The molecule has 31 heavy (non-hydrogen) atoms. The summed E-state index contributed by atoms with van der Waals surface area (Å²) in [6, 6.07) is 11.0. The summed E-state index contributed by atoms with van der Waals surface area (Å²) in [5.41, 5.74) is 4.53. The second-order valence-electron chi connectivity index (χ2n) is 9.53. The van der Waals surface area contributed by atoms with Gasteiger partial charge in [-0.2, -0.15) is 0 Å². The standard InChI is InChI=1S/C26H35FN2O2/c1-17-6-15-22(25(30)31-26(2,3)4)24(28-5)23(17)19-9-13-21(14-10-19)29-16-18-7-11-20(27)12-8-18/h6-8,11-12,15,19,21,28-29H,9-10,13-14,16H2,1-5H3. The van der Waals surface area contributed by atoms with E-state index < -0.39 is 5.60 Å². The lowest BCUT2D eigenvalue weighted by Crippen LogP contribution is -2.32. The average molecular weight is 427 g/mol. The summed E-state index contributed by atoms with van der Waals surface area (Å²) in [6.45, 7) is 8.54. The smallest absolute Gasteiger partial charge is 0.340 e. The molecule has 0 spiro atoms. The quantitative estimate of drug-likeness (QED) is 0.561. The van der Waals surface area contributed by atoms with Crippen LogP contribution in [0, 0.1) is 12.7 Å². The molecule has 1 aliphatic rings. The number of esters is 1. The molecule has 0 aromatic heterocycles. The van der Waals surface area contributed by atoms with Gasteiger partial charge in [-0.15, -0.1) is 0 Å². The Balaban J connectivity index is 1.68. The second-order valence-corrected chi connectivity index (χ2v) is 9.53. The zero-order chi connectivity index (χ0) is 22.6. The fraction of sp³-hybridized carbons (Fsp3) is 0.500. The van der Waals surface area contributed by atoms with E-state index >= 15 is 0 Å². The first-order valence-electron chi connectivity index (χ1n) is 11.2. The Morgan fingerprint density at radius 2 is 1.71 bits per heavy atom. The van der Waals surface area contributed by atoms with Crippen molar-refractivity contribution in [3.05, 3.63) is 64.5 Å². The molecular weight excluding hydrogens is 391 g/mol. The third-order valence-electron chi connectivity index (χ3n) is 5.98. The minimum Gasteiger partial charge on any atom is -0.456 e. The minimum absolute atomic E-state index is 0.200. The zero-order valence-electron chi connectivity index (χ0n) is 19.3. The normalized spacial score (nSPS) is 19.2. The van der Waals surface area contributed by atoms with E-state index in [1.54, 1.807) is 0 Å². The van der Waals surface area contributed by atoms with Crippen molar-refractivity contribution in [1.82, 2.24) is 5.32 Å². The molecule has 5 heteroatoms. The predicted molar refractivity (Wildman–Crippen MR) is 124 cm³/mol. The van der Waals surface area contributed by atoms with E-state index in [0.717, 1.165) is 43.5 Å². The van der Waals surface area contributed by atoms with Crippen molar-refractivity contribution in [1.29, 1.82) is 0 Å². The molecule has 0 bridgehead atoms. The molecule has 2 N–H and O–H groups in total. The van der Waals surface area contributed by atoms with E-state index in [-0.39, 0.29) is 11.8 Å². The molecule has 2 aromatic rings. The van der Waals surface area contributed by atoms with Crippen molar-refractivity contribution in [2.75, 3.05) is 12.4 Å². The summed E-state index contributed by atoms with van der Waals surface area (Å²) in [5, 5.41) is 6.90. The molecule has 1 fully saturated rings. The minimum atomic E-state index is -0.526. The predicted octanol–water partition coefficient (Wildman–Crippen LogP) is 5.95. The van der Waals surface area contributed by atoms with E-state index in [0.29, 0.717) is 17.5 Å². The first kappa shape index (κ1) is 23.3. The molecule has 0 atom stereocenters. The van der Waals surface area contributed by atoms with Crippen LogP contribution in [0.2, 0.25) is 0 Å². The van der Waals surface area contributed by atoms with Gasteiger partial charge in [-0.1, -0.05) is 18.2 Å². The van der Waals surface area contributed by atoms with Crippen molar-refractivity contribution in [2.24, 2.45) is 0 Å². The number of carbonyl (C=O) groups is 1. The van der Waals surface area contributed by atoms with Gasteiger partial charge in [0.15, 0.2) is 0 Å². The van der Waals surface area contributed by atoms with Gasteiger partial charge in [0.2, 0.25) is 0 Å². The Morgan fingerprint density at radius 3 is 2.29 bits per heavy atom. The number of hydrogen-bond acceptors (Lipinski definition) is 4. The van der Waals surface area contributed by atoms with Gasteiger partial charge in [0, 0.05) is 19.6 Å². The molecule has 2 aromatic carbocycles. The van der Waals surface area contributed by atoms with Crippen LogP contribution in [0.5, 0.6) is 0 Å². The van der Waals surface area contributed by atoms with E-state index in [1.807, 2.05) is 52.1 Å². The van der Waals surface area contributed by atoms with E-state index in [4.69, 9.17) is 4.74 Å². The molecule has 0 saturated heterocycles. The maximum atomic E-state index is 13.1. The van der Waals surface area contributed by atoms with Crippen molar-refractivity contribution < 1.29 is 13.9 Å². The first-order chi connectivity index (χ1) is 14.7. The van der Waals surface area contributed by atoms with Crippen LogP contribution in [0.15, 0.2) is 36.4 Å². The van der Waals surface area contributed by atoms with Crippen LogP contribution < -0.4 is 10.6 Å². The molecule has 0 amide bonds. The summed E-state index contributed by atoms with van der Waals surface area (Å²) in [7, 11) is 1.88. The number of ether oxygens (including phenoxy) is 1. The SMILES string of the molecule is CNc1c(C(=O)OC(C)(C)C)ccc(C)c1C1CCC(NCc2ccc(F)cc2)CC1. The van der Waals surface area contributed by atoms with Gasteiger partial charge in [0.1, 0.15) is 11.4 Å². The molecule has 0 radical (unpaired) electrons. The number of aryl methyl sites for hydroxylation is 1. The van der Waals surface area contributed by atoms with Crippen molar-refractivity contribution >= 4 is 11.7 Å². The lowest BCUT2D eigenvalue weighted by atomic mass is 9.78. The molecule has 168 valence electrons. The Labute approximate surface area is 185 Å². The van der Waals surface area contributed by atoms with Crippen LogP contribution in [-0.4, -0.2) is 24.7 Å². The van der Waals surface area contributed by atoms with E-state index in [9.17, 15) is 9.18 Å². The molecular formula is C26H35FN2O2. The van der Waals surface area contributed by atoms with Crippen LogP contribution in [0.3, 0.4) is 0 Å². The highest BCUT2D eigenvalue weighted by molar-refractivity contribution is 5.97. The zero-order valence-corrected chi connectivity index (χ0v) is 19.3. The van der Waals surface area contributed by atoms with Gasteiger partial charge in [0.25, 0.3) is 0 Å². The fourth-order valence-corrected chi connectivity index (χ4v) is 4.47. The third kappa shape index (κ3) is 6.07. The van der Waals surface area contributed by atoms with Gasteiger partial charge in [0.05, 0.1) is 11.3 Å². The van der Waals surface area contributed by atoms with Crippen molar-refractivity contribution in [3.63, 3.8) is 0 Å². The number of carbonyl (C=O) groups excluding carboxylic acids is 1. The van der Waals surface area contributed by atoms with Gasteiger partial charge in [-0.05, 0) is 94.2 Å². The van der Waals surface area contributed by atoms with Gasteiger partial charge >= 0.3 is 5.97 Å². The maximum absolute atomic E-state index is 13.1. The Kier molecular flexibility index (Phi) is 7.37. The van der Waals surface area contributed by atoms with Crippen molar-refractivity contribution in [2.45, 2.75) is 77.5 Å². The molecule has 3 rings (SSSR count). The van der Waals surface area contributed by atoms with Gasteiger partial charge in [-0.3, -0.25) is 0 Å². The topological polar surface area (TPSA) is 50.4 Å². The fourth-order valence-electron chi connectivity index (χ4n) is 4.47. The lowest BCUT2D eigenvalue weighted by molar-refractivity contribution is 0.00705. The monoisotopic (exact) mass is 426 g/mol. The molecule has 1 saturated carbocycles. The summed E-state index contributed by atoms with van der Waals surface area (Å²) in [5.74, 6) is -0.0740. The van der Waals surface area contributed by atoms with Gasteiger partial charge < -0.3 is 15.4 Å². The number of halogens is 1. The molecule has 0 unspecified atom stereocenters. The Morgan fingerprint density at radius 1 is 1.06 bits per heavy atom. The summed E-state index contributed by atoms with van der Waals surface area (Å²) in [6.07, 6.45) is 4.28. The number of nitrogens with one attached hydrogen (secondary N) is 2. The highest BCUT2D eigenvalue weighted by Crippen LogP contribution is 2.40. The molecule has 1 aliphatic carbocycles. The Hall–Kier alpha value is -2.40. The Bertz CT molecular complexity index is 895. The number of hydrogen-bond donors (Lipinski definition) is 2. The average Bonchev–Trinajstić information content (AvgIpc) is 2.72. The summed E-state index contributed by atoms with van der Waals surface area (Å²) >= 11 is 0. The first-order valence-corrected chi connectivity index (χ1v) is 11.2. The van der Waals surface area contributed by atoms with Crippen LogP contribution >= 0.6 is 0 Å². The van der Waals surface area contributed by atoms with E-state index in [1.165, 1.54) is 23.3 Å². The summed E-state index contributed by atoms with van der Waals surface area (Å²) in [4.78, 5) is 12.8. The van der Waals surface area contributed by atoms with Gasteiger partial charge in [-0.25, -0.2) is 9.18 Å². The lowest BCUT2D eigenvalue weighted by Gasteiger charge is -2.32. The number of rotatable bonds is 6. The van der Waals surface area contributed by atoms with Crippen LogP contribution in [0.4, 0.5) is 10.1 Å². The molecule has 0 heterocycles. The third-order valence-corrected chi connectivity index (χ3v) is 5.98. The highest BCUT2D eigenvalue weighted by Gasteiger charge is 2.28. The second kappa shape index (κ2) is 9.82. The highest BCUT2D eigenvalue weighted by atomic mass is 19.1. The maximum Gasteiger partial charge on any atom is 0.340 e. The molecule has 4 nitrogen and oxygen atoms in total. The van der Waals surface area contributed by atoms with Crippen molar-refractivity contribution in [3.8, 4) is 0 Å². The number of anilines is 1. The summed E-state index contributed by atoms with van der Waals surface area (Å²) < 4.78 is 18.7. The molecule has 0 aliphatic heterocycles. The van der Waals surface area contributed by atoms with Crippen LogP contribution in [0.1, 0.15) is 79.4 Å². The van der Waals surface area contributed by atoms with E-state index in [2.05, 4.69) is 17.6 Å². The van der Waals surface area contributed by atoms with Crippen LogP contribution in [-0.2, 0) is 11.3 Å². The largest absolute Gasteiger partial charge is 0.456 e.